The SMILES string of the molecule is COC(=O)c1ccc2c(C3CCCCC3)c3n(c2c1)CCCn1ccc2c(OC)ccc-3c21.COc1ccc2c3c1ccn3CCCn1c-2c(C2CCCCC2)c2ccc(C(=O)O)cc21.[Li+].[OH-]. The second-order valence-corrected chi connectivity index (χ2v) is 18.6. The fraction of sp³-hybridized carbons (Fsp3) is 0.382. The average Bonchev–Trinajstić information content (AvgIpc) is 4.11. The van der Waals surface area contributed by atoms with Crippen molar-refractivity contribution < 1.29 is 53.2 Å². The summed E-state index contributed by atoms with van der Waals surface area (Å²) in [4.78, 5) is 24.1. The number of nitrogens with zero attached hydrogens (tertiary/aromatic N) is 4. The maximum absolute atomic E-state index is 12.4. The van der Waals surface area contributed by atoms with E-state index in [4.69, 9.17) is 14.2 Å². The Labute approximate surface area is 403 Å². The van der Waals surface area contributed by atoms with E-state index in [1.165, 1.54) is 132 Å². The van der Waals surface area contributed by atoms with Crippen LogP contribution in [0.4, 0.5) is 0 Å². The van der Waals surface area contributed by atoms with Crippen LogP contribution in [-0.2, 0) is 30.9 Å². The molecule has 0 saturated heterocycles. The first-order chi connectivity index (χ1) is 31.9. The van der Waals surface area contributed by atoms with Crippen LogP contribution in [0.15, 0.2) is 85.2 Å². The molecule has 0 radical (unpaired) electrons. The van der Waals surface area contributed by atoms with Gasteiger partial charge in [0.15, 0.2) is 0 Å². The van der Waals surface area contributed by atoms with Crippen LogP contribution in [0.25, 0.3) is 66.1 Å². The van der Waals surface area contributed by atoms with E-state index in [9.17, 15) is 14.7 Å². The Kier molecular flexibility index (Phi) is 13.1. The van der Waals surface area contributed by atoms with E-state index >= 15 is 0 Å². The number of hydrogen-bond donors (Lipinski definition) is 1. The van der Waals surface area contributed by atoms with Crippen molar-refractivity contribution in [3.05, 3.63) is 107 Å². The third-order valence-electron chi connectivity index (χ3n) is 15.2. The Hall–Kier alpha value is -5.86. The summed E-state index contributed by atoms with van der Waals surface area (Å²) in [5.41, 5.74) is 13.6. The minimum absolute atomic E-state index is 0. The molecule has 12 heteroatoms. The Morgan fingerprint density at radius 3 is 1.42 bits per heavy atom. The van der Waals surface area contributed by atoms with Crippen molar-refractivity contribution in [1.29, 1.82) is 0 Å². The van der Waals surface area contributed by atoms with Crippen molar-refractivity contribution in [3.8, 4) is 34.0 Å². The number of benzene rings is 4. The topological polar surface area (TPSA) is 132 Å². The molecule has 0 amide bonds. The van der Waals surface area contributed by atoms with Crippen LogP contribution in [-0.4, -0.2) is 62.1 Å². The van der Waals surface area contributed by atoms with Crippen molar-refractivity contribution in [1.82, 2.24) is 18.3 Å². The predicted octanol–water partition coefficient (Wildman–Crippen LogP) is 9.76. The molecule has 342 valence electrons. The summed E-state index contributed by atoms with van der Waals surface area (Å²) in [6.07, 6.45) is 19.0. The van der Waals surface area contributed by atoms with Crippen LogP contribution in [0.2, 0.25) is 0 Å². The number of fused-ring (bicyclic) bond motifs is 8. The molecule has 67 heavy (non-hydrogen) atoms. The summed E-state index contributed by atoms with van der Waals surface area (Å²) in [7, 11) is 4.93. The number of aryl methyl sites for hydroxylation is 4. The van der Waals surface area contributed by atoms with Gasteiger partial charge < -0.3 is 43.1 Å². The second-order valence-electron chi connectivity index (χ2n) is 18.6. The molecule has 8 aromatic rings. The zero-order chi connectivity index (χ0) is 44.3. The van der Waals surface area contributed by atoms with Gasteiger partial charge in [0.05, 0.1) is 54.9 Å². The van der Waals surface area contributed by atoms with Gasteiger partial charge in [0.25, 0.3) is 0 Å². The van der Waals surface area contributed by atoms with E-state index < -0.39 is 5.97 Å². The molecule has 4 aromatic carbocycles. The van der Waals surface area contributed by atoms with Gasteiger partial charge in [0.1, 0.15) is 11.5 Å². The van der Waals surface area contributed by atoms with Gasteiger partial charge in [0.2, 0.25) is 0 Å². The molecule has 0 bridgehead atoms. The largest absolute Gasteiger partial charge is 1.00 e. The van der Waals surface area contributed by atoms with Crippen LogP contribution in [0.5, 0.6) is 11.5 Å². The van der Waals surface area contributed by atoms with Gasteiger partial charge in [-0.15, -0.1) is 0 Å². The number of rotatable bonds is 6. The minimum Gasteiger partial charge on any atom is -0.870 e. The number of aromatic carboxylic acids is 1. The maximum Gasteiger partial charge on any atom is 1.00 e. The van der Waals surface area contributed by atoms with Crippen molar-refractivity contribution in [3.63, 3.8) is 0 Å². The smallest absolute Gasteiger partial charge is 0.870 e. The zero-order valence-corrected chi connectivity index (χ0v) is 39.3. The molecule has 0 unspecified atom stereocenters. The fourth-order valence-corrected chi connectivity index (χ4v) is 12.3. The number of hydrogen-bond acceptors (Lipinski definition) is 6. The number of aromatic nitrogens is 4. The number of carboxylic acids is 1. The summed E-state index contributed by atoms with van der Waals surface area (Å²) in [5, 5.41) is 14.5. The molecule has 0 atom stereocenters. The van der Waals surface area contributed by atoms with E-state index in [2.05, 4.69) is 79.2 Å². The standard InChI is InChI=1S/C28H30N2O3.C27H28N2O3.Li.H2O/c1-32-24-12-11-22-26-21(24)13-16-29(26)14-6-15-30-23-17-19(28(31)33-2)9-10-20(23)25(27(22)30)18-7-4-3-5-8-18;1-32-23-11-10-21-25-20(23)12-15-28(25)13-5-14-29-22-16-18(27(30)31)8-9-19(22)24(26(21)29)17-6-3-2-4-7-17;;/h9-13,16-18H,3-8,14-15H2,1-2H3;8-12,15-17H,2-7,13-14H2,1H3,(H,30,31);;1H2/q;;+1;/p-1. The maximum atomic E-state index is 12.4. The summed E-state index contributed by atoms with van der Waals surface area (Å²) in [5.74, 6) is 1.73. The van der Waals surface area contributed by atoms with Gasteiger partial charge in [-0.2, -0.15) is 0 Å². The molecule has 12 rings (SSSR count). The quantitative estimate of drug-likeness (QED) is 0.130. The first-order valence-electron chi connectivity index (χ1n) is 23.8. The molecule has 2 saturated carbocycles. The number of carbonyl (C=O) groups excluding carboxylic acids is 1. The van der Waals surface area contributed by atoms with Crippen LogP contribution in [0.3, 0.4) is 0 Å². The monoisotopic (exact) mass is 894 g/mol. The first kappa shape index (κ1) is 46.3. The number of esters is 1. The summed E-state index contributed by atoms with van der Waals surface area (Å²) >= 11 is 0. The number of carboxylic acid groups (broad SMARTS) is 1. The van der Waals surface area contributed by atoms with E-state index in [0.29, 0.717) is 23.0 Å². The van der Waals surface area contributed by atoms with Crippen molar-refractivity contribution >= 4 is 55.6 Å². The molecule has 11 nitrogen and oxygen atoms in total. The molecule has 4 aliphatic rings. The summed E-state index contributed by atoms with van der Waals surface area (Å²) in [6.45, 7) is 3.69. The number of ether oxygens (including phenoxy) is 3. The van der Waals surface area contributed by atoms with Gasteiger partial charge in [-0.1, -0.05) is 50.7 Å². The Balaban J connectivity index is 0.000000163. The van der Waals surface area contributed by atoms with E-state index in [0.717, 1.165) is 66.9 Å². The van der Waals surface area contributed by atoms with Crippen LogP contribution in [0.1, 0.15) is 121 Å². The van der Waals surface area contributed by atoms with Crippen molar-refractivity contribution in [2.45, 2.75) is 115 Å². The molecule has 2 N–H and O–H groups in total. The molecular weight excluding hydrogens is 836 g/mol. The summed E-state index contributed by atoms with van der Waals surface area (Å²) in [6, 6.07) is 24.8. The van der Waals surface area contributed by atoms with Gasteiger partial charge in [0, 0.05) is 82.3 Å². The molecular formula is C55H59LiN4O7. The fourth-order valence-electron chi connectivity index (χ4n) is 12.3. The summed E-state index contributed by atoms with van der Waals surface area (Å²) < 4.78 is 26.1. The second kappa shape index (κ2) is 19.0. The third-order valence-corrected chi connectivity index (χ3v) is 15.2. The van der Waals surface area contributed by atoms with E-state index in [1.54, 1.807) is 20.3 Å². The Morgan fingerprint density at radius 2 is 0.985 bits per heavy atom. The third kappa shape index (κ3) is 7.73. The predicted molar refractivity (Wildman–Crippen MR) is 260 cm³/mol. The molecule has 6 heterocycles. The molecule has 2 aliphatic heterocycles. The van der Waals surface area contributed by atoms with Gasteiger partial charge in [-0.3, -0.25) is 0 Å². The normalized spacial score (nSPS) is 16.0. The van der Waals surface area contributed by atoms with Crippen molar-refractivity contribution in [2.75, 3.05) is 21.3 Å². The van der Waals surface area contributed by atoms with Gasteiger partial charge in [-0.05, 0) is 122 Å². The van der Waals surface area contributed by atoms with Gasteiger partial charge in [-0.25, -0.2) is 9.59 Å². The Bertz CT molecular complexity index is 3160. The number of methoxy groups -OCH3 is 3. The van der Waals surface area contributed by atoms with E-state index in [-0.39, 0.29) is 30.3 Å². The zero-order valence-electron chi connectivity index (χ0n) is 39.3. The Morgan fingerprint density at radius 1 is 0.537 bits per heavy atom. The first-order valence-corrected chi connectivity index (χ1v) is 23.8. The molecule has 4 aromatic heterocycles. The van der Waals surface area contributed by atoms with Crippen LogP contribution >= 0.6 is 0 Å². The van der Waals surface area contributed by atoms with Crippen molar-refractivity contribution in [2.24, 2.45) is 0 Å². The minimum atomic E-state index is -0.867. The van der Waals surface area contributed by atoms with Crippen LogP contribution < -0.4 is 28.3 Å². The van der Waals surface area contributed by atoms with E-state index in [1.807, 2.05) is 18.2 Å². The molecule has 0 spiro atoms. The van der Waals surface area contributed by atoms with Crippen LogP contribution in [0, 0.1) is 0 Å². The van der Waals surface area contributed by atoms with Gasteiger partial charge >= 0.3 is 30.8 Å². The number of carbonyl (C=O) groups is 2. The molecule has 2 fully saturated rings. The molecule has 2 aliphatic carbocycles. The average molecular weight is 895 g/mol.